The molecule has 1 aliphatic rings. The van der Waals surface area contributed by atoms with E-state index in [2.05, 4.69) is 5.32 Å². The Morgan fingerprint density at radius 3 is 2.19 bits per heavy atom. The molecule has 0 spiro atoms. The normalized spacial score (nSPS) is 14.4. The number of rotatable bonds is 11. The number of esters is 1. The van der Waals surface area contributed by atoms with Gasteiger partial charge >= 0.3 is 5.97 Å². The first-order chi connectivity index (χ1) is 18.1. The predicted octanol–water partition coefficient (Wildman–Crippen LogP) is 6.09. The zero-order chi connectivity index (χ0) is 25.9. The van der Waals surface area contributed by atoms with Crippen LogP contribution >= 0.6 is 0 Å². The van der Waals surface area contributed by atoms with Crippen molar-refractivity contribution in [3.8, 4) is 11.5 Å². The molecule has 1 saturated carbocycles. The molecule has 0 radical (unpaired) electrons. The van der Waals surface area contributed by atoms with Crippen LogP contribution in [0.5, 0.6) is 11.5 Å². The number of carbonyl (C=O) groups excluding carboxylic acids is 2. The number of methoxy groups -OCH3 is 1. The molecular weight excluding hydrogens is 466 g/mol. The van der Waals surface area contributed by atoms with Crippen molar-refractivity contribution in [3.05, 3.63) is 95.6 Å². The lowest BCUT2D eigenvalue weighted by atomic mass is 9.85. The minimum absolute atomic E-state index is 0.312. The maximum absolute atomic E-state index is 13.0. The fraction of sp³-hybridized carbons (Fsp3) is 0.355. The molecule has 0 bridgehead atoms. The quantitative estimate of drug-likeness (QED) is 0.322. The number of hydrogen-bond donors (Lipinski definition) is 1. The Morgan fingerprint density at radius 2 is 1.46 bits per heavy atom. The third kappa shape index (κ3) is 8.10. The standard InChI is InChI=1S/C31H35NO5/c1-35-31(34)29(19-23-10-4-2-5-11-23)32-30(33)26-15-9-17-28(20-26)37-22-25-14-8-16-27(18-25)36-21-24-12-6-3-7-13-24/h3,6-9,12-18,20,23,29H,2,4-5,10-11,19,21-22H2,1H3,(H,32,33)/t29-/m0/s1. The summed E-state index contributed by atoms with van der Waals surface area (Å²) in [6.45, 7) is 0.829. The molecule has 194 valence electrons. The summed E-state index contributed by atoms with van der Waals surface area (Å²) in [5, 5.41) is 2.88. The Morgan fingerprint density at radius 1 is 0.811 bits per heavy atom. The Bertz CT molecular complexity index is 1160. The van der Waals surface area contributed by atoms with E-state index in [1.165, 1.54) is 26.4 Å². The summed E-state index contributed by atoms with van der Waals surface area (Å²) >= 11 is 0. The van der Waals surface area contributed by atoms with E-state index in [9.17, 15) is 9.59 Å². The van der Waals surface area contributed by atoms with Gasteiger partial charge in [-0.25, -0.2) is 4.79 Å². The predicted molar refractivity (Wildman–Crippen MR) is 142 cm³/mol. The van der Waals surface area contributed by atoms with Crippen molar-refractivity contribution in [2.45, 2.75) is 57.8 Å². The van der Waals surface area contributed by atoms with E-state index < -0.39 is 12.0 Å². The molecule has 6 nitrogen and oxygen atoms in total. The molecule has 0 heterocycles. The largest absolute Gasteiger partial charge is 0.489 e. The third-order valence-electron chi connectivity index (χ3n) is 6.73. The molecule has 0 aliphatic heterocycles. The van der Waals surface area contributed by atoms with Gasteiger partial charge in [0.2, 0.25) is 0 Å². The molecule has 3 aromatic carbocycles. The molecule has 1 amide bonds. The van der Waals surface area contributed by atoms with Gasteiger partial charge in [-0.1, -0.05) is 80.6 Å². The van der Waals surface area contributed by atoms with Crippen molar-refractivity contribution in [1.82, 2.24) is 5.32 Å². The van der Waals surface area contributed by atoms with Gasteiger partial charge in [-0.05, 0) is 53.8 Å². The Labute approximate surface area is 218 Å². The van der Waals surface area contributed by atoms with E-state index in [1.807, 2.05) is 60.7 Å². The second kappa shape index (κ2) is 13.5. The molecule has 4 rings (SSSR count). The summed E-state index contributed by atoms with van der Waals surface area (Å²) in [4.78, 5) is 25.3. The van der Waals surface area contributed by atoms with Crippen molar-refractivity contribution in [2.24, 2.45) is 5.92 Å². The Kier molecular flexibility index (Phi) is 9.58. The molecule has 37 heavy (non-hydrogen) atoms. The average molecular weight is 502 g/mol. The van der Waals surface area contributed by atoms with Gasteiger partial charge in [0.25, 0.3) is 5.91 Å². The summed E-state index contributed by atoms with van der Waals surface area (Å²) < 4.78 is 16.8. The number of benzene rings is 3. The molecule has 0 saturated heterocycles. The molecule has 0 aromatic heterocycles. The average Bonchev–Trinajstić information content (AvgIpc) is 2.95. The second-order valence-corrected chi connectivity index (χ2v) is 9.53. The van der Waals surface area contributed by atoms with Crippen LogP contribution < -0.4 is 14.8 Å². The third-order valence-corrected chi connectivity index (χ3v) is 6.73. The Hall–Kier alpha value is -3.80. The van der Waals surface area contributed by atoms with Gasteiger partial charge in [0.05, 0.1) is 7.11 Å². The van der Waals surface area contributed by atoms with Gasteiger partial charge in [0.1, 0.15) is 30.8 Å². The number of amides is 1. The van der Waals surface area contributed by atoms with E-state index in [-0.39, 0.29) is 5.91 Å². The maximum Gasteiger partial charge on any atom is 0.328 e. The Balaban J connectivity index is 1.33. The smallest absolute Gasteiger partial charge is 0.328 e. The van der Waals surface area contributed by atoms with Crippen LogP contribution in [0.2, 0.25) is 0 Å². The van der Waals surface area contributed by atoms with Crippen LogP contribution in [0, 0.1) is 5.92 Å². The van der Waals surface area contributed by atoms with Crippen molar-refractivity contribution in [1.29, 1.82) is 0 Å². The zero-order valence-electron chi connectivity index (χ0n) is 21.4. The molecule has 0 unspecified atom stereocenters. The molecule has 1 fully saturated rings. The summed E-state index contributed by atoms with van der Waals surface area (Å²) in [7, 11) is 1.36. The highest BCUT2D eigenvalue weighted by molar-refractivity contribution is 5.97. The highest BCUT2D eigenvalue weighted by Crippen LogP contribution is 2.28. The van der Waals surface area contributed by atoms with Gasteiger partial charge in [-0.2, -0.15) is 0 Å². The van der Waals surface area contributed by atoms with Gasteiger partial charge in [0.15, 0.2) is 0 Å². The van der Waals surface area contributed by atoms with Gasteiger partial charge in [-0.15, -0.1) is 0 Å². The SMILES string of the molecule is COC(=O)[C@H](CC1CCCCC1)NC(=O)c1cccc(OCc2cccc(OCc3ccccc3)c2)c1. The first-order valence-electron chi connectivity index (χ1n) is 13.0. The van der Waals surface area contributed by atoms with E-state index >= 15 is 0 Å². The highest BCUT2D eigenvalue weighted by atomic mass is 16.5. The van der Waals surface area contributed by atoms with E-state index in [1.54, 1.807) is 18.2 Å². The fourth-order valence-corrected chi connectivity index (χ4v) is 4.71. The van der Waals surface area contributed by atoms with Gasteiger partial charge in [-0.3, -0.25) is 4.79 Å². The van der Waals surface area contributed by atoms with Crippen molar-refractivity contribution < 1.29 is 23.8 Å². The van der Waals surface area contributed by atoms with Crippen LogP contribution in [0.3, 0.4) is 0 Å². The molecular formula is C31H35NO5. The van der Waals surface area contributed by atoms with Crippen LogP contribution in [0.4, 0.5) is 0 Å². The zero-order valence-corrected chi connectivity index (χ0v) is 21.4. The molecule has 1 aliphatic carbocycles. The molecule has 6 heteroatoms. The van der Waals surface area contributed by atoms with Crippen LogP contribution in [-0.4, -0.2) is 25.0 Å². The fourth-order valence-electron chi connectivity index (χ4n) is 4.71. The van der Waals surface area contributed by atoms with Crippen molar-refractivity contribution in [2.75, 3.05) is 7.11 Å². The summed E-state index contributed by atoms with van der Waals surface area (Å²) in [6.07, 6.45) is 6.37. The number of carbonyl (C=O) groups is 2. The van der Waals surface area contributed by atoms with Crippen molar-refractivity contribution in [3.63, 3.8) is 0 Å². The number of nitrogens with one attached hydrogen (secondary N) is 1. The maximum atomic E-state index is 13.0. The molecule has 1 N–H and O–H groups in total. The van der Waals surface area contributed by atoms with Gasteiger partial charge < -0.3 is 19.5 Å². The minimum atomic E-state index is -0.649. The van der Waals surface area contributed by atoms with Crippen LogP contribution in [0.25, 0.3) is 0 Å². The monoisotopic (exact) mass is 501 g/mol. The number of ether oxygens (including phenoxy) is 3. The highest BCUT2D eigenvalue weighted by Gasteiger charge is 2.27. The minimum Gasteiger partial charge on any atom is -0.489 e. The van der Waals surface area contributed by atoms with E-state index in [4.69, 9.17) is 14.2 Å². The van der Waals surface area contributed by atoms with Crippen LogP contribution in [-0.2, 0) is 22.7 Å². The lowest BCUT2D eigenvalue weighted by Gasteiger charge is -2.25. The summed E-state index contributed by atoms with van der Waals surface area (Å²) in [5.41, 5.74) is 2.50. The van der Waals surface area contributed by atoms with Gasteiger partial charge in [0, 0.05) is 5.56 Å². The topological polar surface area (TPSA) is 73.9 Å². The lowest BCUT2D eigenvalue weighted by Crippen LogP contribution is -2.43. The van der Waals surface area contributed by atoms with E-state index in [0.29, 0.717) is 36.9 Å². The van der Waals surface area contributed by atoms with Crippen molar-refractivity contribution >= 4 is 11.9 Å². The number of hydrogen-bond acceptors (Lipinski definition) is 5. The molecule has 1 atom stereocenters. The first-order valence-corrected chi connectivity index (χ1v) is 13.0. The first kappa shape index (κ1) is 26.3. The van der Waals surface area contributed by atoms with Crippen LogP contribution in [0.1, 0.15) is 60.0 Å². The second-order valence-electron chi connectivity index (χ2n) is 9.53. The van der Waals surface area contributed by atoms with Crippen LogP contribution in [0.15, 0.2) is 78.9 Å². The lowest BCUT2D eigenvalue weighted by molar-refractivity contribution is -0.143. The summed E-state index contributed by atoms with van der Waals surface area (Å²) in [5.74, 6) is 1.06. The molecule has 3 aromatic rings. The summed E-state index contributed by atoms with van der Waals surface area (Å²) in [6, 6.07) is 24.1. The van der Waals surface area contributed by atoms with E-state index in [0.717, 1.165) is 29.7 Å².